The van der Waals surface area contributed by atoms with Crippen molar-refractivity contribution in [3.05, 3.63) is 33.1 Å². The van der Waals surface area contributed by atoms with Crippen LogP contribution in [0, 0.1) is 27.8 Å². The zero-order valence-corrected chi connectivity index (χ0v) is 12.3. The van der Waals surface area contributed by atoms with Crippen molar-refractivity contribution in [2.24, 2.45) is 11.8 Å². The zero-order valence-electron chi connectivity index (χ0n) is 11.5. The quantitative estimate of drug-likeness (QED) is 0.654. The third-order valence-corrected chi connectivity index (χ3v) is 4.06. The van der Waals surface area contributed by atoms with Crippen LogP contribution in [0.2, 0.25) is 5.02 Å². The summed E-state index contributed by atoms with van der Waals surface area (Å²) in [4.78, 5) is 10.4. The third kappa shape index (κ3) is 3.39. The van der Waals surface area contributed by atoms with E-state index in [0.29, 0.717) is 17.5 Å². The lowest BCUT2D eigenvalue weighted by Crippen LogP contribution is -2.30. The van der Waals surface area contributed by atoms with E-state index in [1.807, 2.05) is 0 Å². The van der Waals surface area contributed by atoms with Crippen LogP contribution in [0.4, 0.5) is 15.8 Å². The van der Waals surface area contributed by atoms with Crippen molar-refractivity contribution in [3.8, 4) is 0 Å². The second-order valence-electron chi connectivity index (χ2n) is 5.80. The van der Waals surface area contributed by atoms with Gasteiger partial charge in [0.25, 0.3) is 5.69 Å². The number of nitrogens with one attached hydrogen (secondary N) is 1. The lowest BCUT2D eigenvalue weighted by atomic mass is 9.80. The second-order valence-corrected chi connectivity index (χ2v) is 6.21. The van der Waals surface area contributed by atoms with Crippen LogP contribution in [-0.2, 0) is 0 Å². The van der Waals surface area contributed by atoms with E-state index >= 15 is 0 Å². The number of halogens is 2. The number of nitrogens with zero attached hydrogens (tertiary/aromatic N) is 1. The molecule has 1 aliphatic rings. The summed E-state index contributed by atoms with van der Waals surface area (Å²) in [5.41, 5.74) is 0.0329. The van der Waals surface area contributed by atoms with Gasteiger partial charge in [0, 0.05) is 6.04 Å². The molecule has 1 aliphatic carbocycles. The molecule has 1 N–H and O–H groups in total. The molecule has 4 nitrogen and oxygen atoms in total. The van der Waals surface area contributed by atoms with Gasteiger partial charge in [0.15, 0.2) is 0 Å². The van der Waals surface area contributed by atoms with Crippen LogP contribution in [0.5, 0.6) is 0 Å². The van der Waals surface area contributed by atoms with Crippen LogP contribution in [0.25, 0.3) is 0 Å². The smallest absolute Gasteiger partial charge is 0.295 e. The highest BCUT2D eigenvalue weighted by Crippen LogP contribution is 2.35. The summed E-state index contributed by atoms with van der Waals surface area (Å²) in [5, 5.41) is 14.1. The minimum atomic E-state index is -0.769. The summed E-state index contributed by atoms with van der Waals surface area (Å²) in [5.74, 6) is 0.381. The summed E-state index contributed by atoms with van der Waals surface area (Å²) in [7, 11) is 0. The minimum Gasteiger partial charge on any atom is -0.377 e. The average Bonchev–Trinajstić information content (AvgIpc) is 2.31. The molecule has 1 saturated carbocycles. The molecule has 1 aromatic rings. The molecular formula is C14H18ClFN2O2. The van der Waals surface area contributed by atoms with Crippen LogP contribution in [0.3, 0.4) is 0 Å². The van der Waals surface area contributed by atoms with Crippen molar-refractivity contribution >= 4 is 23.0 Å². The highest BCUT2D eigenvalue weighted by Gasteiger charge is 2.26. The maximum Gasteiger partial charge on any atom is 0.295 e. The fraction of sp³-hybridized carbons (Fsp3) is 0.571. The summed E-state index contributed by atoms with van der Waals surface area (Å²) < 4.78 is 13.4. The highest BCUT2D eigenvalue weighted by molar-refractivity contribution is 6.31. The first kappa shape index (κ1) is 15.0. The maximum atomic E-state index is 13.4. The number of anilines is 1. The predicted octanol–water partition coefficient (Wildman–Crippen LogP) is 4.62. The van der Waals surface area contributed by atoms with Gasteiger partial charge < -0.3 is 5.32 Å². The van der Waals surface area contributed by atoms with Gasteiger partial charge in [-0.3, -0.25) is 10.1 Å². The van der Waals surface area contributed by atoms with Gasteiger partial charge in [-0.25, -0.2) is 4.39 Å². The van der Waals surface area contributed by atoms with E-state index in [1.165, 1.54) is 12.5 Å². The molecular weight excluding hydrogens is 283 g/mol. The van der Waals surface area contributed by atoms with Crippen molar-refractivity contribution in [2.45, 2.75) is 39.2 Å². The standard InChI is InChI=1S/C14H18ClFN2O2/c1-8-3-9(2)5-10(4-8)17-13-6-11(15)12(16)7-14(13)18(19)20/h6-10,17H,3-5H2,1-2H3. The van der Waals surface area contributed by atoms with E-state index < -0.39 is 10.7 Å². The molecule has 2 unspecified atom stereocenters. The molecule has 0 spiro atoms. The molecule has 0 bridgehead atoms. The van der Waals surface area contributed by atoms with Gasteiger partial charge in [-0.2, -0.15) is 0 Å². The highest BCUT2D eigenvalue weighted by atomic mass is 35.5. The third-order valence-electron chi connectivity index (χ3n) is 3.77. The van der Waals surface area contributed by atoms with Crippen LogP contribution in [0.1, 0.15) is 33.1 Å². The normalized spacial score (nSPS) is 26.3. The molecule has 0 amide bonds. The fourth-order valence-electron chi connectivity index (χ4n) is 3.09. The number of hydrogen-bond donors (Lipinski definition) is 1. The Labute approximate surface area is 122 Å². The van der Waals surface area contributed by atoms with Crippen molar-refractivity contribution in [3.63, 3.8) is 0 Å². The Bertz CT molecular complexity index is 514. The Hall–Kier alpha value is -1.36. The number of nitro groups is 1. The Kier molecular flexibility index (Phi) is 4.48. The lowest BCUT2D eigenvalue weighted by molar-refractivity contribution is -0.384. The van der Waals surface area contributed by atoms with E-state index in [2.05, 4.69) is 19.2 Å². The van der Waals surface area contributed by atoms with Gasteiger partial charge >= 0.3 is 0 Å². The summed E-state index contributed by atoms with van der Waals surface area (Å²) in [6, 6.07) is 2.34. The van der Waals surface area contributed by atoms with Crippen LogP contribution < -0.4 is 5.32 Å². The number of rotatable bonds is 3. The van der Waals surface area contributed by atoms with Gasteiger partial charge in [0.05, 0.1) is 16.0 Å². The van der Waals surface area contributed by atoms with E-state index in [-0.39, 0.29) is 16.8 Å². The van der Waals surface area contributed by atoms with Gasteiger partial charge in [-0.15, -0.1) is 0 Å². The first-order valence-corrected chi connectivity index (χ1v) is 7.14. The molecule has 20 heavy (non-hydrogen) atoms. The molecule has 0 radical (unpaired) electrons. The summed E-state index contributed by atoms with van der Waals surface area (Å²) in [6.45, 7) is 4.35. The first-order chi connectivity index (χ1) is 9.36. The summed E-state index contributed by atoms with van der Waals surface area (Å²) >= 11 is 5.73. The minimum absolute atomic E-state index is 0.102. The van der Waals surface area contributed by atoms with E-state index in [0.717, 1.165) is 18.9 Å². The zero-order chi connectivity index (χ0) is 14.9. The summed E-state index contributed by atoms with van der Waals surface area (Å²) in [6.07, 6.45) is 3.08. The Balaban J connectivity index is 2.24. The van der Waals surface area contributed by atoms with Crippen LogP contribution in [-0.4, -0.2) is 11.0 Å². The molecule has 2 rings (SSSR count). The maximum absolute atomic E-state index is 13.4. The van der Waals surface area contributed by atoms with E-state index in [4.69, 9.17) is 11.6 Å². The van der Waals surface area contributed by atoms with Gasteiger partial charge in [0.2, 0.25) is 0 Å². The van der Waals surface area contributed by atoms with Crippen molar-refractivity contribution < 1.29 is 9.31 Å². The van der Waals surface area contributed by atoms with Gasteiger partial charge in [0.1, 0.15) is 11.5 Å². The van der Waals surface area contributed by atoms with Crippen molar-refractivity contribution in [2.75, 3.05) is 5.32 Å². The number of benzene rings is 1. The Morgan fingerprint density at radius 3 is 2.45 bits per heavy atom. The fourth-order valence-corrected chi connectivity index (χ4v) is 3.25. The molecule has 1 aromatic carbocycles. The van der Waals surface area contributed by atoms with Crippen molar-refractivity contribution in [1.82, 2.24) is 0 Å². The van der Waals surface area contributed by atoms with Crippen LogP contribution >= 0.6 is 11.6 Å². The molecule has 0 aliphatic heterocycles. The lowest BCUT2D eigenvalue weighted by Gasteiger charge is -2.32. The molecule has 1 fully saturated rings. The Morgan fingerprint density at radius 1 is 1.30 bits per heavy atom. The average molecular weight is 301 g/mol. The van der Waals surface area contributed by atoms with Gasteiger partial charge in [-0.1, -0.05) is 25.4 Å². The molecule has 0 aromatic heterocycles. The first-order valence-electron chi connectivity index (χ1n) is 6.76. The topological polar surface area (TPSA) is 55.2 Å². The molecule has 2 atom stereocenters. The van der Waals surface area contributed by atoms with E-state index in [1.54, 1.807) is 0 Å². The largest absolute Gasteiger partial charge is 0.377 e. The number of hydrogen-bond acceptors (Lipinski definition) is 3. The predicted molar refractivity (Wildman–Crippen MR) is 77.7 cm³/mol. The molecule has 0 heterocycles. The number of nitro benzene ring substituents is 1. The molecule has 110 valence electrons. The van der Waals surface area contributed by atoms with Crippen LogP contribution in [0.15, 0.2) is 12.1 Å². The second kappa shape index (κ2) is 5.95. The monoisotopic (exact) mass is 300 g/mol. The van der Waals surface area contributed by atoms with Gasteiger partial charge in [-0.05, 0) is 37.2 Å². The van der Waals surface area contributed by atoms with Crippen molar-refractivity contribution in [1.29, 1.82) is 0 Å². The molecule has 6 heteroatoms. The molecule has 0 saturated heterocycles. The Morgan fingerprint density at radius 2 is 1.90 bits per heavy atom. The van der Waals surface area contributed by atoms with E-state index in [9.17, 15) is 14.5 Å². The SMILES string of the molecule is CC1CC(C)CC(Nc2cc(Cl)c(F)cc2[N+](=O)[O-])C1.